The van der Waals surface area contributed by atoms with Crippen molar-refractivity contribution in [2.75, 3.05) is 28.6 Å². The molecule has 33 heavy (non-hydrogen) atoms. The first kappa shape index (κ1) is 24.4. The zero-order valence-corrected chi connectivity index (χ0v) is 19.4. The summed E-state index contributed by atoms with van der Waals surface area (Å²) in [6, 6.07) is 12.8. The van der Waals surface area contributed by atoms with Crippen molar-refractivity contribution in [1.82, 2.24) is 4.72 Å². The minimum Gasteiger partial charge on any atom is -0.326 e. The van der Waals surface area contributed by atoms with Gasteiger partial charge in [0.15, 0.2) is 0 Å². The van der Waals surface area contributed by atoms with Gasteiger partial charge in [-0.3, -0.25) is 14.4 Å². The van der Waals surface area contributed by atoms with E-state index >= 15 is 0 Å². The molecule has 9 nitrogen and oxygen atoms in total. The second kappa shape index (κ2) is 10.6. The second-order valence-electron chi connectivity index (χ2n) is 7.90. The van der Waals surface area contributed by atoms with Gasteiger partial charge in [-0.25, -0.2) is 13.1 Å². The minimum absolute atomic E-state index is 0.0765. The summed E-state index contributed by atoms with van der Waals surface area (Å²) in [7, 11) is -3.59. The second-order valence-corrected chi connectivity index (χ2v) is 9.67. The number of carbonyl (C=O) groups excluding carboxylic acids is 3. The molecule has 1 aliphatic rings. The molecular formula is C23H28N4O5S. The smallest absolute Gasteiger partial charge is 0.240 e. The van der Waals surface area contributed by atoms with E-state index < -0.39 is 15.9 Å². The molecule has 0 spiro atoms. The fourth-order valence-corrected chi connectivity index (χ4v) is 4.56. The number of amides is 3. The van der Waals surface area contributed by atoms with Crippen molar-refractivity contribution in [3.8, 4) is 0 Å². The van der Waals surface area contributed by atoms with Gasteiger partial charge < -0.3 is 15.5 Å². The molecule has 1 aliphatic heterocycles. The number of hydrogen-bond donors (Lipinski definition) is 3. The first-order valence-electron chi connectivity index (χ1n) is 10.8. The van der Waals surface area contributed by atoms with Crippen LogP contribution in [-0.2, 0) is 24.4 Å². The molecule has 1 saturated heterocycles. The van der Waals surface area contributed by atoms with E-state index in [0.29, 0.717) is 23.6 Å². The molecular weight excluding hydrogens is 444 g/mol. The maximum atomic E-state index is 12.7. The predicted octanol–water partition coefficient (Wildman–Crippen LogP) is 2.72. The van der Waals surface area contributed by atoms with Gasteiger partial charge in [0, 0.05) is 43.5 Å². The number of rotatable bonds is 9. The fraction of sp³-hybridized carbons (Fsp3) is 0.348. The van der Waals surface area contributed by atoms with E-state index in [9.17, 15) is 22.8 Å². The van der Waals surface area contributed by atoms with Gasteiger partial charge in [-0.05, 0) is 55.0 Å². The highest BCUT2D eigenvalue weighted by atomic mass is 32.2. The van der Waals surface area contributed by atoms with Crippen molar-refractivity contribution in [3.05, 3.63) is 48.5 Å². The molecule has 10 heteroatoms. The van der Waals surface area contributed by atoms with Crippen LogP contribution < -0.4 is 20.3 Å². The Kier molecular flexibility index (Phi) is 7.83. The van der Waals surface area contributed by atoms with E-state index in [4.69, 9.17) is 0 Å². The lowest BCUT2D eigenvalue weighted by molar-refractivity contribution is -0.122. The summed E-state index contributed by atoms with van der Waals surface area (Å²) in [5.41, 5.74) is 1.73. The summed E-state index contributed by atoms with van der Waals surface area (Å²) in [5.74, 6) is -1.19. The highest BCUT2D eigenvalue weighted by Crippen LogP contribution is 2.27. The third-order valence-electron chi connectivity index (χ3n) is 5.25. The molecule has 1 atom stereocenters. The molecule has 1 heterocycles. The maximum absolute atomic E-state index is 12.7. The number of hydrogen-bond acceptors (Lipinski definition) is 5. The summed E-state index contributed by atoms with van der Waals surface area (Å²) >= 11 is 0. The quantitative estimate of drug-likeness (QED) is 0.484. The Hall–Kier alpha value is -3.24. The summed E-state index contributed by atoms with van der Waals surface area (Å²) in [6.07, 6.45) is 1.72. The van der Waals surface area contributed by atoms with Crippen molar-refractivity contribution in [1.29, 1.82) is 0 Å². The topological polar surface area (TPSA) is 125 Å². The van der Waals surface area contributed by atoms with Crippen LogP contribution >= 0.6 is 0 Å². The molecule has 1 fully saturated rings. The molecule has 0 radical (unpaired) electrons. The molecule has 0 aliphatic carbocycles. The number of benzene rings is 2. The van der Waals surface area contributed by atoms with E-state index in [1.54, 1.807) is 29.2 Å². The van der Waals surface area contributed by atoms with E-state index in [-0.39, 0.29) is 35.6 Å². The third-order valence-corrected chi connectivity index (χ3v) is 6.73. The lowest BCUT2D eigenvalue weighted by Gasteiger charge is -2.17. The number of sulfonamides is 1. The highest BCUT2D eigenvalue weighted by molar-refractivity contribution is 7.89. The summed E-state index contributed by atoms with van der Waals surface area (Å²) in [5, 5.41) is 5.42. The highest BCUT2D eigenvalue weighted by Gasteiger charge is 2.35. The van der Waals surface area contributed by atoms with Crippen molar-refractivity contribution in [2.24, 2.45) is 5.92 Å². The Morgan fingerprint density at radius 1 is 1.00 bits per heavy atom. The van der Waals surface area contributed by atoms with E-state index in [1.165, 1.54) is 31.2 Å². The Morgan fingerprint density at radius 2 is 1.61 bits per heavy atom. The van der Waals surface area contributed by atoms with Gasteiger partial charge in [-0.15, -0.1) is 0 Å². The lowest BCUT2D eigenvalue weighted by Crippen LogP contribution is -2.28. The average Bonchev–Trinajstić information content (AvgIpc) is 3.16. The molecule has 3 rings (SSSR count). The third kappa shape index (κ3) is 6.39. The van der Waals surface area contributed by atoms with E-state index in [0.717, 1.165) is 12.8 Å². The normalized spacial score (nSPS) is 16.0. The Labute approximate surface area is 193 Å². The van der Waals surface area contributed by atoms with Crippen LogP contribution in [-0.4, -0.2) is 39.2 Å². The van der Waals surface area contributed by atoms with Gasteiger partial charge in [0.2, 0.25) is 27.7 Å². The summed E-state index contributed by atoms with van der Waals surface area (Å²) in [4.78, 5) is 38.0. The van der Waals surface area contributed by atoms with Crippen LogP contribution in [0, 0.1) is 5.92 Å². The van der Waals surface area contributed by atoms with Crippen LogP contribution in [0.15, 0.2) is 53.4 Å². The van der Waals surface area contributed by atoms with E-state index in [1.807, 2.05) is 6.92 Å². The van der Waals surface area contributed by atoms with Gasteiger partial charge in [-0.2, -0.15) is 0 Å². The van der Waals surface area contributed by atoms with Gasteiger partial charge in [0.05, 0.1) is 10.8 Å². The zero-order valence-electron chi connectivity index (χ0n) is 18.6. The van der Waals surface area contributed by atoms with Crippen LogP contribution in [0.25, 0.3) is 0 Å². The standard InChI is InChI=1S/C23H28N4O5S/c1-3-4-13-24-33(31,32)21-11-7-19(8-12-21)26-23(30)17-14-22(29)27(15-17)20-9-5-18(6-10-20)25-16(2)28/h5-12,17,24H,3-4,13-15H2,1-2H3,(H,25,28)(H,26,30). The zero-order chi connectivity index (χ0) is 24.0. The Morgan fingerprint density at radius 3 is 2.21 bits per heavy atom. The number of nitrogens with zero attached hydrogens (tertiary/aromatic N) is 1. The van der Waals surface area contributed by atoms with Gasteiger partial charge in [0.1, 0.15) is 0 Å². The molecule has 176 valence electrons. The molecule has 0 bridgehead atoms. The number of unbranched alkanes of at least 4 members (excludes halogenated alkanes) is 1. The molecule has 3 amide bonds. The molecule has 0 saturated carbocycles. The molecule has 3 N–H and O–H groups in total. The van der Waals surface area contributed by atoms with Crippen LogP contribution in [0.2, 0.25) is 0 Å². The lowest BCUT2D eigenvalue weighted by atomic mass is 10.1. The fourth-order valence-electron chi connectivity index (χ4n) is 3.49. The first-order valence-corrected chi connectivity index (χ1v) is 12.3. The van der Waals surface area contributed by atoms with Crippen LogP contribution in [0.3, 0.4) is 0 Å². The molecule has 1 unspecified atom stereocenters. The minimum atomic E-state index is -3.59. The van der Waals surface area contributed by atoms with Crippen molar-refractivity contribution < 1.29 is 22.8 Å². The van der Waals surface area contributed by atoms with Gasteiger partial charge >= 0.3 is 0 Å². The molecule has 2 aromatic rings. The van der Waals surface area contributed by atoms with Crippen molar-refractivity contribution in [2.45, 2.75) is 38.0 Å². The van der Waals surface area contributed by atoms with E-state index in [2.05, 4.69) is 15.4 Å². The van der Waals surface area contributed by atoms with Crippen molar-refractivity contribution >= 4 is 44.8 Å². The maximum Gasteiger partial charge on any atom is 0.240 e. The van der Waals surface area contributed by atoms with Crippen LogP contribution in [0.4, 0.5) is 17.1 Å². The average molecular weight is 473 g/mol. The largest absolute Gasteiger partial charge is 0.326 e. The molecule has 0 aromatic heterocycles. The number of anilines is 3. The van der Waals surface area contributed by atoms with Gasteiger partial charge in [0.25, 0.3) is 0 Å². The number of carbonyl (C=O) groups is 3. The summed E-state index contributed by atoms with van der Waals surface area (Å²) in [6.45, 7) is 4.00. The van der Waals surface area contributed by atoms with Crippen LogP contribution in [0.5, 0.6) is 0 Å². The SMILES string of the molecule is CCCCNS(=O)(=O)c1ccc(NC(=O)C2CC(=O)N(c3ccc(NC(C)=O)cc3)C2)cc1. The predicted molar refractivity (Wildman–Crippen MR) is 126 cm³/mol. The van der Waals surface area contributed by atoms with Crippen LogP contribution in [0.1, 0.15) is 33.1 Å². The van der Waals surface area contributed by atoms with Gasteiger partial charge in [-0.1, -0.05) is 13.3 Å². The molecule has 2 aromatic carbocycles. The van der Waals surface area contributed by atoms with Crippen molar-refractivity contribution in [3.63, 3.8) is 0 Å². The Bertz CT molecular complexity index is 1110. The summed E-state index contributed by atoms with van der Waals surface area (Å²) < 4.78 is 27.1. The Balaban J connectivity index is 1.59. The number of nitrogens with one attached hydrogen (secondary N) is 3. The first-order chi connectivity index (χ1) is 15.7. The monoisotopic (exact) mass is 472 g/mol.